The van der Waals surface area contributed by atoms with E-state index in [-0.39, 0.29) is 5.56 Å². The van der Waals surface area contributed by atoms with Gasteiger partial charge in [0.1, 0.15) is 28.7 Å². The van der Waals surface area contributed by atoms with Gasteiger partial charge in [-0.2, -0.15) is 5.26 Å². The third-order valence-corrected chi connectivity index (χ3v) is 2.66. The van der Waals surface area contributed by atoms with Gasteiger partial charge in [0.15, 0.2) is 0 Å². The monoisotopic (exact) mass is 291 g/mol. The maximum Gasteiger partial charge on any atom is 0.414 e. The van der Waals surface area contributed by atoms with Crippen molar-refractivity contribution in [1.29, 1.82) is 5.26 Å². The standard InChI is InChI=1S/C15H20N2O4/c1-15(2,3)21-14(18)17(4)10-7-12(19-5)11(9-16)13(8-10)20-6/h7-8H,1-6H3/i9-1. The second kappa shape index (κ2) is 6.35. The summed E-state index contributed by atoms with van der Waals surface area (Å²) in [5, 5.41) is 9.14. The molecule has 114 valence electrons. The van der Waals surface area contributed by atoms with Crippen molar-refractivity contribution in [3.05, 3.63) is 17.7 Å². The molecule has 0 spiro atoms. The van der Waals surface area contributed by atoms with Crippen molar-refractivity contribution in [2.45, 2.75) is 26.4 Å². The van der Waals surface area contributed by atoms with Crippen LogP contribution in [0.2, 0.25) is 0 Å². The number of hydrogen-bond acceptors (Lipinski definition) is 5. The molecule has 1 aromatic carbocycles. The summed E-state index contributed by atoms with van der Waals surface area (Å²) < 4.78 is 15.6. The number of anilines is 1. The lowest BCUT2D eigenvalue weighted by Gasteiger charge is -2.25. The van der Waals surface area contributed by atoms with Gasteiger partial charge < -0.3 is 14.2 Å². The van der Waals surface area contributed by atoms with Crippen molar-refractivity contribution in [2.24, 2.45) is 0 Å². The van der Waals surface area contributed by atoms with E-state index in [0.29, 0.717) is 17.2 Å². The van der Waals surface area contributed by atoms with Crippen LogP contribution in [0, 0.1) is 11.3 Å². The number of benzene rings is 1. The molecule has 0 fully saturated rings. The van der Waals surface area contributed by atoms with Gasteiger partial charge >= 0.3 is 6.09 Å². The van der Waals surface area contributed by atoms with E-state index in [1.165, 1.54) is 19.1 Å². The first kappa shape index (κ1) is 16.6. The lowest BCUT2D eigenvalue weighted by atomic mass is 9.97. The van der Waals surface area contributed by atoms with Gasteiger partial charge in [0.25, 0.3) is 0 Å². The maximum absolute atomic E-state index is 12.1. The van der Waals surface area contributed by atoms with Crippen LogP contribution >= 0.6 is 0 Å². The highest BCUT2D eigenvalue weighted by atomic mass is 16.6. The molecule has 0 aliphatic carbocycles. The van der Waals surface area contributed by atoms with Crippen LogP contribution in [0.1, 0.15) is 26.3 Å². The molecule has 6 nitrogen and oxygen atoms in total. The molecule has 0 bridgehead atoms. The Labute approximate surface area is 124 Å². The number of ether oxygens (including phenoxy) is 3. The van der Waals surface area contributed by atoms with Crippen LogP contribution in [-0.4, -0.2) is 33.0 Å². The van der Waals surface area contributed by atoms with Crippen molar-refractivity contribution < 1.29 is 19.0 Å². The van der Waals surface area contributed by atoms with Crippen LogP contribution in [0.15, 0.2) is 12.1 Å². The Bertz CT molecular complexity index is 545. The minimum atomic E-state index is -0.591. The SMILES string of the molecule is COc1cc(N(C)C(=O)OC(C)(C)C)cc(OC)c1[11C]#N. The molecule has 0 aliphatic heterocycles. The minimum absolute atomic E-state index is 0.279. The van der Waals surface area contributed by atoms with Crippen LogP contribution in [0.3, 0.4) is 0 Å². The zero-order valence-corrected chi connectivity index (χ0v) is 13.2. The van der Waals surface area contributed by atoms with Crippen molar-refractivity contribution >= 4 is 11.8 Å². The summed E-state index contributed by atoms with van der Waals surface area (Å²) in [4.78, 5) is 13.4. The van der Waals surface area contributed by atoms with Gasteiger partial charge in [-0.1, -0.05) is 0 Å². The lowest BCUT2D eigenvalue weighted by Crippen LogP contribution is -2.34. The molecule has 0 radical (unpaired) electrons. The van der Waals surface area contributed by atoms with Gasteiger partial charge in [-0.15, -0.1) is 0 Å². The first-order valence-corrected chi connectivity index (χ1v) is 6.36. The Hall–Kier alpha value is -2.42. The minimum Gasteiger partial charge on any atom is -0.495 e. The Morgan fingerprint density at radius 2 is 1.67 bits per heavy atom. The predicted octanol–water partition coefficient (Wildman–Crippen LogP) is 2.95. The molecule has 0 atom stereocenters. The highest BCUT2D eigenvalue weighted by Gasteiger charge is 2.22. The number of carbonyl (C=O) groups excluding carboxylic acids is 1. The van der Waals surface area contributed by atoms with Crippen molar-refractivity contribution in [2.75, 3.05) is 26.2 Å². The van der Waals surface area contributed by atoms with Crippen molar-refractivity contribution in [3.8, 4) is 17.6 Å². The molecule has 0 aromatic heterocycles. The average molecular weight is 291 g/mol. The van der Waals surface area contributed by atoms with E-state index in [1.807, 2.05) is 6.07 Å². The van der Waals surface area contributed by atoms with Crippen LogP contribution in [0.25, 0.3) is 0 Å². The fourth-order valence-corrected chi connectivity index (χ4v) is 1.64. The second-order valence-electron chi connectivity index (χ2n) is 5.38. The fraction of sp³-hybridized carbons (Fsp3) is 0.467. The fourth-order valence-electron chi connectivity index (χ4n) is 1.64. The van der Waals surface area contributed by atoms with E-state index in [0.717, 1.165) is 0 Å². The molecule has 0 N–H and O–H groups in total. The topological polar surface area (TPSA) is 71.8 Å². The Morgan fingerprint density at radius 3 is 2.00 bits per heavy atom. The zero-order valence-electron chi connectivity index (χ0n) is 13.2. The summed E-state index contributed by atoms with van der Waals surface area (Å²) in [5.41, 5.74) is 0.199. The maximum atomic E-state index is 12.1. The van der Waals surface area contributed by atoms with E-state index >= 15 is 0 Å². The summed E-state index contributed by atoms with van der Waals surface area (Å²) >= 11 is 0. The molecule has 1 aromatic rings. The number of nitrogens with zero attached hydrogens (tertiary/aromatic N) is 2. The van der Waals surface area contributed by atoms with E-state index in [4.69, 9.17) is 19.5 Å². The summed E-state index contributed by atoms with van der Waals surface area (Å²) in [7, 11) is 4.48. The molecule has 0 heterocycles. The number of hydrogen-bond donors (Lipinski definition) is 0. The van der Waals surface area contributed by atoms with Gasteiger partial charge in [-0.25, -0.2) is 4.79 Å². The Morgan fingerprint density at radius 1 is 1.19 bits per heavy atom. The largest absolute Gasteiger partial charge is 0.495 e. The highest BCUT2D eigenvalue weighted by molar-refractivity contribution is 5.88. The lowest BCUT2D eigenvalue weighted by molar-refractivity contribution is 0.0589. The smallest absolute Gasteiger partial charge is 0.414 e. The zero-order chi connectivity index (χ0) is 16.2. The van der Waals surface area contributed by atoms with Crippen LogP contribution in [-0.2, 0) is 4.74 Å². The second-order valence-corrected chi connectivity index (χ2v) is 5.38. The Balaban J connectivity index is 3.19. The molecular weight excluding hydrogens is 271 g/mol. The number of rotatable bonds is 3. The molecular formula is C15H20N2O4. The highest BCUT2D eigenvalue weighted by Crippen LogP contribution is 2.33. The van der Waals surface area contributed by atoms with Crippen molar-refractivity contribution in [1.82, 2.24) is 0 Å². The van der Waals surface area contributed by atoms with E-state index in [9.17, 15) is 4.79 Å². The van der Waals surface area contributed by atoms with E-state index < -0.39 is 11.7 Å². The van der Waals surface area contributed by atoms with Crippen molar-refractivity contribution in [3.63, 3.8) is 0 Å². The summed E-state index contributed by atoms with van der Waals surface area (Å²) in [6.07, 6.45) is -0.503. The van der Waals surface area contributed by atoms with Crippen LogP contribution in [0.4, 0.5) is 10.5 Å². The van der Waals surface area contributed by atoms with Gasteiger partial charge in [-0.3, -0.25) is 4.90 Å². The number of carbonyl (C=O) groups is 1. The summed E-state index contributed by atoms with van der Waals surface area (Å²) in [6.45, 7) is 5.37. The van der Waals surface area contributed by atoms with E-state index in [1.54, 1.807) is 40.0 Å². The summed E-state index contributed by atoms with van der Waals surface area (Å²) in [5.74, 6) is 0.671. The van der Waals surface area contributed by atoms with Gasteiger partial charge in [0, 0.05) is 19.2 Å². The average Bonchev–Trinajstić information content (AvgIpc) is 2.42. The van der Waals surface area contributed by atoms with Crippen LogP contribution < -0.4 is 14.4 Å². The third kappa shape index (κ3) is 4.02. The van der Waals surface area contributed by atoms with E-state index in [2.05, 4.69) is 0 Å². The molecule has 0 aliphatic rings. The quantitative estimate of drug-likeness (QED) is 0.856. The Kier molecular flexibility index (Phi) is 5.03. The van der Waals surface area contributed by atoms with Gasteiger partial charge in [0.05, 0.1) is 19.9 Å². The normalized spacial score (nSPS) is 10.5. The predicted molar refractivity (Wildman–Crippen MR) is 78.9 cm³/mol. The molecule has 0 unspecified atom stereocenters. The van der Waals surface area contributed by atoms with Crippen LogP contribution in [0.5, 0.6) is 11.5 Å². The summed E-state index contributed by atoms with van der Waals surface area (Å²) in [6, 6.07) is 5.19. The molecule has 0 saturated heterocycles. The third-order valence-electron chi connectivity index (χ3n) is 2.66. The first-order chi connectivity index (χ1) is 9.73. The molecule has 1 rings (SSSR count). The molecule has 1 amide bonds. The molecule has 6 heteroatoms. The van der Waals surface area contributed by atoms with Gasteiger partial charge in [0.2, 0.25) is 0 Å². The van der Waals surface area contributed by atoms with Gasteiger partial charge in [-0.05, 0) is 20.8 Å². The number of methoxy groups -OCH3 is 2. The number of amides is 1. The number of nitriles is 1. The molecule has 0 saturated carbocycles. The molecule has 21 heavy (non-hydrogen) atoms. The first-order valence-electron chi connectivity index (χ1n) is 6.36.